The van der Waals surface area contributed by atoms with Gasteiger partial charge in [-0.1, -0.05) is 0 Å². The van der Waals surface area contributed by atoms with Gasteiger partial charge >= 0.3 is 39.2 Å². The molecule has 0 unspecified atom stereocenters. The third-order valence-corrected chi connectivity index (χ3v) is 6.13. The summed E-state index contributed by atoms with van der Waals surface area (Å²) in [6.45, 7) is 0. The summed E-state index contributed by atoms with van der Waals surface area (Å²) in [5, 5.41) is 15.2. The molecule has 0 N–H and O–H groups in total. The van der Waals surface area contributed by atoms with Gasteiger partial charge in [0.2, 0.25) is 0 Å². The van der Waals surface area contributed by atoms with Crippen molar-refractivity contribution < 1.29 is 62.2 Å². The minimum Gasteiger partial charge on any atom is -0.542 e. The predicted octanol–water partition coefficient (Wildman–Crippen LogP) is 0.303. The maximum atomic E-state index is 12.9. The van der Waals surface area contributed by atoms with E-state index < -0.39 is 45.2 Å². The summed E-state index contributed by atoms with van der Waals surface area (Å²) in [6.07, 6.45) is -9.67. The fourth-order valence-corrected chi connectivity index (χ4v) is 4.10. The highest BCUT2D eigenvalue weighted by Crippen LogP contribution is 2.52. The molecule has 1 aliphatic heterocycles. The maximum absolute atomic E-state index is 12.9. The number of carboxylic acids is 1. The van der Waals surface area contributed by atoms with Crippen molar-refractivity contribution in [1.82, 2.24) is 0 Å². The Kier molecular flexibility index (Phi) is 6.75. The van der Waals surface area contributed by atoms with E-state index in [9.17, 15) is 26.3 Å². The first kappa shape index (κ1) is 22.9. The zero-order valence-electron chi connectivity index (χ0n) is 14.4. The van der Waals surface area contributed by atoms with Gasteiger partial charge in [0.15, 0.2) is 7.14 Å². The first-order valence-electron chi connectivity index (χ1n) is 7.57. The van der Waals surface area contributed by atoms with Crippen LogP contribution >= 0.6 is 0 Å². The molecule has 0 atom stereocenters. The highest BCUT2D eigenvalue weighted by molar-refractivity contribution is 5.70. The molecule has 2 aromatic carbocycles. The Morgan fingerprint density at radius 1 is 0.931 bits per heavy atom. The number of aliphatic carboxylic acids is 1. The number of methoxy groups -OCH3 is 1. The Labute approximate surface area is 170 Å². The molecule has 0 aliphatic carbocycles. The Morgan fingerprint density at radius 3 is 1.66 bits per heavy atom. The van der Waals surface area contributed by atoms with Gasteiger partial charge in [0.05, 0.1) is 7.11 Å². The largest absolute Gasteiger partial charge is 0.542 e. The third-order valence-electron chi connectivity index (χ3n) is 3.44. The van der Waals surface area contributed by atoms with Crippen LogP contribution in [0.3, 0.4) is 0 Å². The molecule has 0 radical (unpaired) electrons. The number of nitrogens with zero attached hydrogens (tertiary/aromatic N) is 2. The number of ether oxygens (including phenoxy) is 1. The van der Waals surface area contributed by atoms with Crippen molar-refractivity contribution in [3.05, 3.63) is 61.2 Å². The Balaban J connectivity index is 0.000000370. The molecule has 1 heterocycles. The van der Waals surface area contributed by atoms with E-state index in [1.165, 1.54) is 15.7 Å². The normalized spacial score (nSPS) is 14.6. The smallest absolute Gasteiger partial charge is 0.442 e. The molecule has 5 nitrogen and oxygen atoms in total. The number of halogens is 7. The second-order valence-electron chi connectivity index (χ2n) is 5.41. The van der Waals surface area contributed by atoms with E-state index in [0.29, 0.717) is 0 Å². The Morgan fingerprint density at radius 2 is 1.34 bits per heavy atom. The van der Waals surface area contributed by atoms with Crippen molar-refractivity contribution in [3.8, 4) is 5.75 Å². The molecule has 3 rings (SSSR count). The first-order chi connectivity index (χ1) is 13.4. The monoisotopic (exact) mass is 532 g/mol. The summed E-state index contributed by atoms with van der Waals surface area (Å²) in [5.74, 6) is -2.22. The minimum atomic E-state index is -5.19. The van der Waals surface area contributed by atoms with Crippen LogP contribution in [0.5, 0.6) is 5.75 Å². The van der Waals surface area contributed by atoms with Crippen molar-refractivity contribution in [2.45, 2.75) is 18.0 Å². The molecule has 12 heteroatoms. The zero-order chi connectivity index (χ0) is 21.9. The average Bonchev–Trinajstić information content (AvgIpc) is 3.45. The second-order valence-corrected chi connectivity index (χ2v) is 8.45. The van der Waals surface area contributed by atoms with Gasteiger partial charge in [-0.05, 0) is 48.5 Å². The van der Waals surface area contributed by atoms with Crippen LogP contribution in [0.15, 0.2) is 58.8 Å². The SMILES string of the molecule is COc1ccc([I+]c2ccc(C3(C(F)(F)F)N=N3)cc2)cc1.O=C([O-])C(F)(F)F. The van der Waals surface area contributed by atoms with Crippen molar-refractivity contribution in [2.75, 3.05) is 7.11 Å². The van der Waals surface area contributed by atoms with Gasteiger partial charge in [-0.3, -0.25) is 0 Å². The van der Waals surface area contributed by atoms with Gasteiger partial charge in [-0.25, -0.2) is 0 Å². The minimum absolute atomic E-state index is 0.0717. The van der Waals surface area contributed by atoms with E-state index in [1.54, 1.807) is 19.2 Å². The van der Waals surface area contributed by atoms with E-state index in [2.05, 4.69) is 10.2 Å². The van der Waals surface area contributed by atoms with Gasteiger partial charge in [0, 0.05) is 5.56 Å². The summed E-state index contributed by atoms with van der Waals surface area (Å²) < 4.78 is 77.6. The molecule has 156 valence electrons. The summed E-state index contributed by atoms with van der Waals surface area (Å²) >= 11 is -0.445. The molecular formula is C17H11F6IN2O3. The highest BCUT2D eigenvalue weighted by Gasteiger charge is 2.65. The van der Waals surface area contributed by atoms with Crippen LogP contribution in [0.4, 0.5) is 26.3 Å². The van der Waals surface area contributed by atoms with Crippen molar-refractivity contribution in [3.63, 3.8) is 0 Å². The number of benzene rings is 2. The van der Waals surface area contributed by atoms with Crippen LogP contribution in [-0.2, 0) is 10.5 Å². The van der Waals surface area contributed by atoms with Crippen molar-refractivity contribution in [2.24, 2.45) is 10.2 Å². The van der Waals surface area contributed by atoms with E-state index >= 15 is 0 Å². The van der Waals surface area contributed by atoms with E-state index in [4.69, 9.17) is 14.6 Å². The number of carboxylic acid groups (broad SMARTS) is 1. The summed E-state index contributed by atoms with van der Waals surface area (Å²) in [4.78, 5) is 8.78. The van der Waals surface area contributed by atoms with Crippen LogP contribution in [0, 0.1) is 7.14 Å². The zero-order valence-corrected chi connectivity index (χ0v) is 16.5. The van der Waals surface area contributed by atoms with E-state index in [1.807, 2.05) is 24.3 Å². The molecule has 0 saturated carbocycles. The number of rotatable bonds is 4. The highest BCUT2D eigenvalue weighted by atomic mass is 127. The van der Waals surface area contributed by atoms with Crippen LogP contribution in [-0.4, -0.2) is 25.4 Å². The summed E-state index contributed by atoms with van der Waals surface area (Å²) in [6, 6.07) is 14.1. The van der Waals surface area contributed by atoms with E-state index in [-0.39, 0.29) is 5.56 Å². The van der Waals surface area contributed by atoms with Gasteiger partial charge in [0.25, 0.3) is 0 Å². The average molecular weight is 532 g/mol. The van der Waals surface area contributed by atoms with Crippen molar-refractivity contribution in [1.29, 1.82) is 0 Å². The number of carbonyl (C=O) groups is 1. The molecule has 1 aliphatic rings. The molecule has 0 fully saturated rings. The Bertz CT molecular complexity index is 874. The number of hydrogen-bond donors (Lipinski definition) is 0. The van der Waals surface area contributed by atoms with E-state index in [0.717, 1.165) is 9.32 Å². The lowest BCUT2D eigenvalue weighted by Crippen LogP contribution is -3.61. The lowest BCUT2D eigenvalue weighted by atomic mass is 10.0. The van der Waals surface area contributed by atoms with Crippen LogP contribution in [0.2, 0.25) is 0 Å². The molecule has 0 saturated heterocycles. The molecule has 2 aromatic rings. The van der Waals surface area contributed by atoms with Crippen LogP contribution in [0.25, 0.3) is 0 Å². The lowest BCUT2D eigenvalue weighted by molar-refractivity contribution is -0.597. The predicted molar refractivity (Wildman–Crippen MR) is 80.5 cm³/mol. The molecule has 29 heavy (non-hydrogen) atoms. The van der Waals surface area contributed by atoms with Crippen LogP contribution in [0.1, 0.15) is 5.56 Å². The quantitative estimate of drug-likeness (QED) is 0.421. The second kappa shape index (κ2) is 8.55. The maximum Gasteiger partial charge on any atom is 0.442 e. The standard InChI is InChI=1S/C15H11F3IN2O.C2HF3O2/c1-22-13-8-6-12(7-9-13)19-11-4-2-10(3-5-11)14(20-21-14)15(16,17)18;3-2(4,5)1(6)7/h2-9H,1H3;(H,6,7)/q+1;/p-1. The van der Waals surface area contributed by atoms with Gasteiger partial charge in [-0.15, -0.1) is 10.2 Å². The fraction of sp³-hybridized carbons (Fsp3) is 0.235. The van der Waals surface area contributed by atoms with Crippen LogP contribution < -0.4 is 31.0 Å². The number of alkyl halides is 6. The first-order valence-corrected chi connectivity index (χ1v) is 9.73. The van der Waals surface area contributed by atoms with Gasteiger partial charge in [-0.2, -0.15) is 26.3 Å². The third kappa shape index (κ3) is 5.81. The topological polar surface area (TPSA) is 74.1 Å². The number of hydrogen-bond acceptors (Lipinski definition) is 5. The fourth-order valence-electron chi connectivity index (χ4n) is 1.95. The molecule has 0 spiro atoms. The Hall–Kier alpha value is -2.38. The summed E-state index contributed by atoms with van der Waals surface area (Å²) in [7, 11) is 1.60. The molecule has 0 bridgehead atoms. The molecule has 0 amide bonds. The molecular weight excluding hydrogens is 521 g/mol. The summed E-state index contributed by atoms with van der Waals surface area (Å²) in [5.41, 5.74) is -2.26. The van der Waals surface area contributed by atoms with Gasteiger partial charge in [0.1, 0.15) is 11.7 Å². The van der Waals surface area contributed by atoms with Crippen molar-refractivity contribution >= 4 is 5.97 Å². The molecule has 0 aromatic heterocycles. The van der Waals surface area contributed by atoms with Gasteiger partial charge < -0.3 is 14.6 Å². The lowest BCUT2D eigenvalue weighted by Gasteiger charge is -2.13. The number of carbonyl (C=O) groups excluding carboxylic acids is 1.